The van der Waals surface area contributed by atoms with Crippen molar-refractivity contribution in [1.29, 1.82) is 0 Å². The third-order valence-corrected chi connectivity index (χ3v) is 5.11. The first-order valence-electron chi connectivity index (χ1n) is 7.46. The van der Waals surface area contributed by atoms with Crippen molar-refractivity contribution in [1.82, 2.24) is 4.98 Å². The fraction of sp³-hybridized carbons (Fsp3) is 0.412. The number of rotatable bonds is 2. The van der Waals surface area contributed by atoms with Crippen molar-refractivity contribution in [3.63, 3.8) is 0 Å². The standard InChI is InChI=1S/C17H18BrNO/c18-13-7-5-12(6-8-13)16-17-14(9-10-20-17)15(19-16)11-3-1-2-4-11/h5-8,11,19H,1-4,9-10H2. The van der Waals surface area contributed by atoms with Gasteiger partial charge in [-0.2, -0.15) is 0 Å². The number of aromatic amines is 1. The van der Waals surface area contributed by atoms with E-state index in [-0.39, 0.29) is 0 Å². The molecule has 1 aromatic heterocycles. The number of fused-ring (bicyclic) bond motifs is 1. The second kappa shape index (κ2) is 4.96. The summed E-state index contributed by atoms with van der Waals surface area (Å²) in [5.74, 6) is 1.82. The van der Waals surface area contributed by atoms with Gasteiger partial charge < -0.3 is 9.72 Å². The Balaban J connectivity index is 1.80. The molecule has 104 valence electrons. The summed E-state index contributed by atoms with van der Waals surface area (Å²) >= 11 is 3.50. The Morgan fingerprint density at radius 2 is 1.85 bits per heavy atom. The number of nitrogens with one attached hydrogen (secondary N) is 1. The molecular formula is C17H18BrNO. The second-order valence-electron chi connectivity index (χ2n) is 5.81. The molecule has 3 heteroatoms. The lowest BCUT2D eigenvalue weighted by atomic mass is 9.99. The maximum atomic E-state index is 5.91. The third-order valence-electron chi connectivity index (χ3n) is 4.58. The van der Waals surface area contributed by atoms with E-state index in [1.54, 1.807) is 0 Å². The molecule has 2 heterocycles. The highest BCUT2D eigenvalue weighted by Gasteiger charge is 2.29. The van der Waals surface area contributed by atoms with Gasteiger partial charge in [0.25, 0.3) is 0 Å². The van der Waals surface area contributed by atoms with E-state index in [2.05, 4.69) is 45.2 Å². The molecule has 1 aromatic carbocycles. The van der Waals surface area contributed by atoms with Gasteiger partial charge >= 0.3 is 0 Å². The third kappa shape index (κ3) is 1.99. The molecule has 0 radical (unpaired) electrons. The maximum absolute atomic E-state index is 5.91. The molecule has 2 aliphatic rings. The SMILES string of the molecule is Brc1ccc(-c2[nH]c(C3CCCC3)c3c2OCC3)cc1. The number of halogens is 1. The number of ether oxygens (including phenoxy) is 1. The number of benzene rings is 1. The number of hydrogen-bond donors (Lipinski definition) is 1. The van der Waals surface area contributed by atoms with Crippen LogP contribution in [0, 0.1) is 0 Å². The Morgan fingerprint density at radius 3 is 2.60 bits per heavy atom. The number of H-pyrrole nitrogens is 1. The van der Waals surface area contributed by atoms with Crippen molar-refractivity contribution < 1.29 is 4.74 Å². The second-order valence-corrected chi connectivity index (χ2v) is 6.72. The first kappa shape index (κ1) is 12.5. The summed E-state index contributed by atoms with van der Waals surface area (Å²) in [6, 6.07) is 8.48. The van der Waals surface area contributed by atoms with E-state index < -0.39 is 0 Å². The normalized spacial score (nSPS) is 18.2. The lowest BCUT2D eigenvalue weighted by Crippen LogP contribution is -1.98. The fourth-order valence-corrected chi connectivity index (χ4v) is 3.85. The first-order valence-corrected chi connectivity index (χ1v) is 8.25. The van der Waals surface area contributed by atoms with Crippen molar-refractivity contribution in [2.24, 2.45) is 0 Å². The van der Waals surface area contributed by atoms with Gasteiger partial charge in [0.15, 0.2) is 0 Å². The average molecular weight is 332 g/mol. The van der Waals surface area contributed by atoms with Crippen LogP contribution in [-0.2, 0) is 6.42 Å². The lowest BCUT2D eigenvalue weighted by Gasteiger charge is -2.08. The number of aromatic nitrogens is 1. The Kier molecular flexibility index (Phi) is 3.10. The molecule has 0 amide bonds. The van der Waals surface area contributed by atoms with Gasteiger partial charge in [0.1, 0.15) is 5.75 Å². The molecule has 1 aliphatic carbocycles. The number of hydrogen-bond acceptors (Lipinski definition) is 1. The van der Waals surface area contributed by atoms with Crippen molar-refractivity contribution >= 4 is 15.9 Å². The molecule has 1 N–H and O–H groups in total. The quantitative estimate of drug-likeness (QED) is 0.819. The predicted molar refractivity (Wildman–Crippen MR) is 84.3 cm³/mol. The van der Waals surface area contributed by atoms with Gasteiger partial charge in [-0.1, -0.05) is 40.9 Å². The molecule has 0 saturated heterocycles. The molecule has 1 fully saturated rings. The highest BCUT2D eigenvalue weighted by Crippen LogP contribution is 2.45. The van der Waals surface area contributed by atoms with Crippen molar-refractivity contribution in [3.05, 3.63) is 40.0 Å². The van der Waals surface area contributed by atoms with Crippen LogP contribution >= 0.6 is 15.9 Å². The first-order chi connectivity index (χ1) is 9.83. The van der Waals surface area contributed by atoms with Crippen LogP contribution in [0.25, 0.3) is 11.3 Å². The van der Waals surface area contributed by atoms with E-state index in [0.29, 0.717) is 0 Å². The summed E-state index contributed by atoms with van der Waals surface area (Å²) in [5, 5.41) is 0. The van der Waals surface area contributed by atoms with Gasteiger partial charge in [-0.25, -0.2) is 0 Å². The zero-order valence-corrected chi connectivity index (χ0v) is 13.0. The minimum Gasteiger partial charge on any atom is -0.491 e. The molecule has 0 spiro atoms. The molecule has 1 saturated carbocycles. The molecule has 20 heavy (non-hydrogen) atoms. The van der Waals surface area contributed by atoms with Gasteiger partial charge in [-0.15, -0.1) is 0 Å². The van der Waals surface area contributed by atoms with Crippen LogP contribution in [0.15, 0.2) is 28.7 Å². The maximum Gasteiger partial charge on any atom is 0.148 e. The zero-order chi connectivity index (χ0) is 13.5. The highest BCUT2D eigenvalue weighted by atomic mass is 79.9. The van der Waals surface area contributed by atoms with E-state index in [1.165, 1.54) is 48.2 Å². The molecule has 0 unspecified atom stereocenters. The molecular weight excluding hydrogens is 314 g/mol. The summed E-state index contributed by atoms with van der Waals surface area (Å²) < 4.78 is 7.02. The van der Waals surface area contributed by atoms with E-state index in [0.717, 1.165) is 29.2 Å². The zero-order valence-electron chi connectivity index (χ0n) is 11.4. The van der Waals surface area contributed by atoms with E-state index in [1.807, 2.05) is 0 Å². The largest absolute Gasteiger partial charge is 0.491 e. The van der Waals surface area contributed by atoms with E-state index >= 15 is 0 Å². The summed E-state index contributed by atoms with van der Waals surface area (Å²) in [7, 11) is 0. The molecule has 0 bridgehead atoms. The Labute approximate surface area is 127 Å². The highest BCUT2D eigenvalue weighted by molar-refractivity contribution is 9.10. The molecule has 4 rings (SSSR count). The lowest BCUT2D eigenvalue weighted by molar-refractivity contribution is 0.357. The minimum absolute atomic E-state index is 0.717. The summed E-state index contributed by atoms with van der Waals surface area (Å²) in [5.41, 5.74) is 5.28. The predicted octanol–water partition coefficient (Wildman–Crippen LogP) is 5.04. The van der Waals surface area contributed by atoms with Gasteiger partial charge in [-0.3, -0.25) is 0 Å². The van der Waals surface area contributed by atoms with Gasteiger partial charge in [0.05, 0.1) is 12.3 Å². The van der Waals surface area contributed by atoms with Crippen LogP contribution < -0.4 is 4.74 Å². The van der Waals surface area contributed by atoms with Gasteiger partial charge in [0.2, 0.25) is 0 Å². The van der Waals surface area contributed by atoms with Crippen LogP contribution in [0.3, 0.4) is 0 Å². The van der Waals surface area contributed by atoms with E-state index in [4.69, 9.17) is 4.74 Å². The van der Waals surface area contributed by atoms with Gasteiger partial charge in [0, 0.05) is 27.7 Å². The Morgan fingerprint density at radius 1 is 1.10 bits per heavy atom. The molecule has 1 aliphatic heterocycles. The fourth-order valence-electron chi connectivity index (χ4n) is 3.59. The van der Waals surface area contributed by atoms with Crippen molar-refractivity contribution in [2.45, 2.75) is 38.0 Å². The Bertz CT molecular complexity index is 623. The Hall–Kier alpha value is -1.22. The van der Waals surface area contributed by atoms with Crippen molar-refractivity contribution in [3.8, 4) is 17.0 Å². The molecule has 0 atom stereocenters. The smallest absolute Gasteiger partial charge is 0.148 e. The van der Waals surface area contributed by atoms with Crippen molar-refractivity contribution in [2.75, 3.05) is 6.61 Å². The summed E-state index contributed by atoms with van der Waals surface area (Å²) in [6.45, 7) is 0.836. The average Bonchev–Trinajstić information content (AvgIpc) is 3.16. The van der Waals surface area contributed by atoms with E-state index in [9.17, 15) is 0 Å². The van der Waals surface area contributed by atoms with Crippen LogP contribution in [0.5, 0.6) is 5.75 Å². The van der Waals surface area contributed by atoms with Crippen LogP contribution in [0.1, 0.15) is 42.9 Å². The monoisotopic (exact) mass is 331 g/mol. The topological polar surface area (TPSA) is 25.0 Å². The van der Waals surface area contributed by atoms with Crippen LogP contribution in [0.2, 0.25) is 0 Å². The van der Waals surface area contributed by atoms with Crippen LogP contribution in [0.4, 0.5) is 0 Å². The summed E-state index contributed by atoms with van der Waals surface area (Å²) in [4.78, 5) is 3.69. The molecule has 2 aromatic rings. The van der Waals surface area contributed by atoms with Gasteiger partial charge in [-0.05, 0) is 30.9 Å². The molecule has 2 nitrogen and oxygen atoms in total. The minimum atomic E-state index is 0.717. The summed E-state index contributed by atoms with van der Waals surface area (Å²) in [6.07, 6.45) is 6.45. The van der Waals surface area contributed by atoms with Crippen LogP contribution in [-0.4, -0.2) is 11.6 Å².